The monoisotopic (exact) mass is 165 g/mol. The van der Waals surface area contributed by atoms with Crippen molar-refractivity contribution in [1.29, 1.82) is 0 Å². The molecule has 2 nitrogen and oxygen atoms in total. The molecule has 3 heteroatoms. The Morgan fingerprint density at radius 3 is 3.18 bits per heavy atom. The number of fused-ring (bicyclic) bond motifs is 1. The molecule has 0 amide bonds. The van der Waals surface area contributed by atoms with Crippen molar-refractivity contribution in [1.82, 2.24) is 4.37 Å². The summed E-state index contributed by atoms with van der Waals surface area (Å²) in [6.07, 6.45) is 4.39. The number of allylic oxidation sites excluding steroid dienone is 2. The lowest BCUT2D eigenvalue weighted by atomic mass is 10.0. The maximum absolute atomic E-state index is 11.2. The van der Waals surface area contributed by atoms with E-state index in [4.69, 9.17) is 0 Å². The van der Waals surface area contributed by atoms with Crippen LogP contribution in [0.5, 0.6) is 0 Å². The molecule has 1 heterocycles. The number of carbonyl (C=O) groups is 1. The van der Waals surface area contributed by atoms with E-state index in [2.05, 4.69) is 4.37 Å². The summed E-state index contributed by atoms with van der Waals surface area (Å²) in [4.78, 5) is 12.4. The zero-order valence-electron chi connectivity index (χ0n) is 6.13. The highest BCUT2D eigenvalue weighted by Crippen LogP contribution is 2.23. The lowest BCUT2D eigenvalue weighted by molar-refractivity contribution is 0.104. The SMILES string of the molecule is Cc1nsc2c1C(=O)C=CC2. The van der Waals surface area contributed by atoms with E-state index in [9.17, 15) is 4.79 Å². The molecule has 0 saturated heterocycles. The van der Waals surface area contributed by atoms with Crippen LogP contribution in [0.3, 0.4) is 0 Å². The number of aryl methyl sites for hydroxylation is 1. The van der Waals surface area contributed by atoms with Gasteiger partial charge in [0.2, 0.25) is 0 Å². The van der Waals surface area contributed by atoms with Crippen molar-refractivity contribution in [3.05, 3.63) is 28.3 Å². The second-order valence-electron chi connectivity index (χ2n) is 2.54. The Bertz CT molecular complexity index is 338. The zero-order valence-corrected chi connectivity index (χ0v) is 6.94. The number of aromatic nitrogens is 1. The van der Waals surface area contributed by atoms with E-state index in [-0.39, 0.29) is 5.78 Å². The highest BCUT2D eigenvalue weighted by molar-refractivity contribution is 7.06. The minimum absolute atomic E-state index is 0.109. The summed E-state index contributed by atoms with van der Waals surface area (Å²) in [6, 6.07) is 0. The van der Waals surface area contributed by atoms with Crippen molar-refractivity contribution in [3.8, 4) is 0 Å². The molecule has 0 atom stereocenters. The van der Waals surface area contributed by atoms with Crippen molar-refractivity contribution >= 4 is 17.3 Å². The van der Waals surface area contributed by atoms with Gasteiger partial charge in [-0.25, -0.2) is 0 Å². The Balaban J connectivity index is 2.63. The fraction of sp³-hybridized carbons (Fsp3) is 0.250. The van der Waals surface area contributed by atoms with E-state index in [1.165, 1.54) is 11.5 Å². The first kappa shape index (κ1) is 6.73. The summed E-state index contributed by atoms with van der Waals surface area (Å²) in [5.74, 6) is 0.109. The first-order chi connectivity index (χ1) is 5.29. The van der Waals surface area contributed by atoms with Crippen molar-refractivity contribution in [3.63, 3.8) is 0 Å². The van der Waals surface area contributed by atoms with Gasteiger partial charge in [-0.3, -0.25) is 4.79 Å². The van der Waals surface area contributed by atoms with Gasteiger partial charge in [0.05, 0.1) is 11.3 Å². The van der Waals surface area contributed by atoms with E-state index in [1.807, 2.05) is 13.0 Å². The fourth-order valence-corrected chi connectivity index (χ4v) is 2.08. The Labute approximate surface area is 68.7 Å². The summed E-state index contributed by atoms with van der Waals surface area (Å²) in [6.45, 7) is 1.88. The number of ketones is 1. The van der Waals surface area contributed by atoms with Crippen LogP contribution < -0.4 is 0 Å². The predicted molar refractivity (Wildman–Crippen MR) is 44.0 cm³/mol. The van der Waals surface area contributed by atoms with Crippen LogP contribution in [0.25, 0.3) is 0 Å². The largest absolute Gasteiger partial charge is 0.289 e. The lowest BCUT2D eigenvalue weighted by Gasteiger charge is -2.01. The summed E-state index contributed by atoms with van der Waals surface area (Å²) >= 11 is 1.43. The quantitative estimate of drug-likeness (QED) is 0.586. The van der Waals surface area contributed by atoms with Crippen LogP contribution in [-0.4, -0.2) is 10.2 Å². The molecule has 1 aliphatic rings. The molecule has 0 aliphatic heterocycles. The van der Waals surface area contributed by atoms with Crippen LogP contribution in [-0.2, 0) is 6.42 Å². The summed E-state index contributed by atoms with van der Waals surface area (Å²) in [7, 11) is 0. The number of hydrogen-bond acceptors (Lipinski definition) is 3. The van der Waals surface area contributed by atoms with E-state index < -0.39 is 0 Å². The molecule has 0 aromatic carbocycles. The Kier molecular flexibility index (Phi) is 1.39. The molecule has 0 saturated carbocycles. The van der Waals surface area contributed by atoms with Crippen molar-refractivity contribution < 1.29 is 4.79 Å². The molecule has 0 N–H and O–H groups in total. The maximum atomic E-state index is 11.2. The van der Waals surface area contributed by atoms with Crippen LogP contribution in [0.2, 0.25) is 0 Å². The van der Waals surface area contributed by atoms with Crippen molar-refractivity contribution in [2.75, 3.05) is 0 Å². The summed E-state index contributed by atoms with van der Waals surface area (Å²) in [5, 5.41) is 0. The number of carbonyl (C=O) groups excluding carboxylic acids is 1. The number of hydrogen-bond donors (Lipinski definition) is 0. The molecule has 0 fully saturated rings. The molecule has 1 aliphatic carbocycles. The predicted octanol–water partition coefficient (Wildman–Crippen LogP) is 1.75. The average molecular weight is 165 g/mol. The van der Waals surface area contributed by atoms with E-state index in [0.29, 0.717) is 0 Å². The standard InChI is InChI=1S/C8H7NOS/c1-5-8-6(10)3-2-4-7(8)11-9-5/h2-3H,4H2,1H3. The van der Waals surface area contributed by atoms with Crippen LogP contribution in [0.4, 0.5) is 0 Å². The minimum Gasteiger partial charge on any atom is -0.289 e. The molecule has 1 aromatic rings. The van der Waals surface area contributed by atoms with Gasteiger partial charge in [-0.2, -0.15) is 4.37 Å². The number of nitrogens with zero attached hydrogens (tertiary/aromatic N) is 1. The Morgan fingerprint density at radius 2 is 2.45 bits per heavy atom. The van der Waals surface area contributed by atoms with Gasteiger partial charge in [-0.15, -0.1) is 0 Å². The molecular formula is C8H7NOS. The highest BCUT2D eigenvalue weighted by atomic mass is 32.1. The Hall–Kier alpha value is -0.960. The Morgan fingerprint density at radius 1 is 1.64 bits per heavy atom. The maximum Gasteiger partial charge on any atom is 0.188 e. The van der Waals surface area contributed by atoms with Crippen LogP contribution >= 0.6 is 11.5 Å². The smallest absolute Gasteiger partial charge is 0.188 e. The molecule has 11 heavy (non-hydrogen) atoms. The van der Waals surface area contributed by atoms with Crippen LogP contribution in [0.1, 0.15) is 20.9 Å². The topological polar surface area (TPSA) is 30.0 Å². The molecule has 0 radical (unpaired) electrons. The molecule has 1 aromatic heterocycles. The first-order valence-corrected chi connectivity index (χ1v) is 4.22. The first-order valence-electron chi connectivity index (χ1n) is 3.45. The average Bonchev–Trinajstić information content (AvgIpc) is 2.34. The van der Waals surface area contributed by atoms with Crippen LogP contribution in [0, 0.1) is 6.92 Å². The molecule has 0 bridgehead atoms. The molecular weight excluding hydrogens is 158 g/mol. The van der Waals surface area contributed by atoms with E-state index in [0.717, 1.165) is 22.6 Å². The second-order valence-corrected chi connectivity index (χ2v) is 3.39. The van der Waals surface area contributed by atoms with Crippen molar-refractivity contribution in [2.45, 2.75) is 13.3 Å². The van der Waals surface area contributed by atoms with Gasteiger partial charge in [0.25, 0.3) is 0 Å². The van der Waals surface area contributed by atoms with E-state index >= 15 is 0 Å². The van der Waals surface area contributed by atoms with Gasteiger partial charge in [0.1, 0.15) is 0 Å². The third-order valence-corrected chi connectivity index (χ3v) is 2.71. The fourth-order valence-electron chi connectivity index (χ4n) is 1.23. The number of rotatable bonds is 0. The summed E-state index contributed by atoms with van der Waals surface area (Å²) < 4.78 is 4.13. The second kappa shape index (κ2) is 2.27. The van der Waals surface area contributed by atoms with Gasteiger partial charge in [0.15, 0.2) is 5.78 Å². The van der Waals surface area contributed by atoms with Gasteiger partial charge in [0, 0.05) is 11.3 Å². The molecule has 2 rings (SSSR count). The third-order valence-electron chi connectivity index (χ3n) is 1.75. The van der Waals surface area contributed by atoms with Gasteiger partial charge < -0.3 is 0 Å². The molecule has 0 spiro atoms. The third kappa shape index (κ3) is 0.922. The lowest BCUT2D eigenvalue weighted by Crippen LogP contribution is -2.03. The van der Waals surface area contributed by atoms with Crippen LogP contribution in [0.15, 0.2) is 12.2 Å². The molecule has 56 valence electrons. The zero-order chi connectivity index (χ0) is 7.84. The molecule has 0 unspecified atom stereocenters. The van der Waals surface area contributed by atoms with E-state index in [1.54, 1.807) is 6.08 Å². The van der Waals surface area contributed by atoms with Gasteiger partial charge in [-0.1, -0.05) is 6.08 Å². The minimum atomic E-state index is 0.109. The van der Waals surface area contributed by atoms with Gasteiger partial charge in [-0.05, 0) is 24.5 Å². The highest BCUT2D eigenvalue weighted by Gasteiger charge is 2.17. The van der Waals surface area contributed by atoms with Crippen molar-refractivity contribution in [2.24, 2.45) is 0 Å². The summed E-state index contributed by atoms with van der Waals surface area (Å²) in [5.41, 5.74) is 1.71. The normalized spacial score (nSPS) is 15.2. The van der Waals surface area contributed by atoms with Gasteiger partial charge >= 0.3 is 0 Å².